The smallest absolute Gasteiger partial charge is 0.341 e. The molecule has 0 amide bonds. The van der Waals surface area contributed by atoms with E-state index in [0.29, 0.717) is 18.8 Å². The third kappa shape index (κ3) is 2.93. The number of hydrogen-bond donors (Lipinski definition) is 1. The number of nitrogens with zero attached hydrogens (tertiary/aromatic N) is 2. The number of carboxylic acid groups (broad SMARTS) is 1. The molecule has 1 aliphatic heterocycles. The van der Waals surface area contributed by atoms with Crippen LogP contribution < -0.4 is 10.3 Å². The molecule has 0 unspecified atom stereocenters. The second kappa shape index (κ2) is 7.07. The van der Waals surface area contributed by atoms with Gasteiger partial charge in [-0.25, -0.2) is 13.6 Å². The van der Waals surface area contributed by atoms with Crippen molar-refractivity contribution in [1.82, 2.24) is 4.57 Å². The second-order valence-corrected chi connectivity index (χ2v) is 6.85. The summed E-state index contributed by atoms with van der Waals surface area (Å²) < 4.78 is 31.7. The van der Waals surface area contributed by atoms with Gasteiger partial charge in [0.2, 0.25) is 5.43 Å². The number of pyridine rings is 1. The lowest BCUT2D eigenvalue weighted by Crippen LogP contribution is -2.31. The number of para-hydroxylation sites is 1. The quantitative estimate of drug-likeness (QED) is 0.743. The highest BCUT2D eigenvalue weighted by Crippen LogP contribution is 2.32. The average molecular weight is 384 g/mol. The van der Waals surface area contributed by atoms with Gasteiger partial charge in [0.1, 0.15) is 17.1 Å². The fourth-order valence-corrected chi connectivity index (χ4v) is 3.76. The molecule has 2 aromatic carbocycles. The van der Waals surface area contributed by atoms with E-state index in [1.54, 1.807) is 35.2 Å². The van der Waals surface area contributed by atoms with Crippen LogP contribution >= 0.6 is 0 Å². The Labute approximate surface area is 159 Å². The topological polar surface area (TPSA) is 62.5 Å². The number of benzene rings is 2. The van der Waals surface area contributed by atoms with E-state index in [0.717, 1.165) is 31.5 Å². The van der Waals surface area contributed by atoms with Crippen molar-refractivity contribution in [2.75, 3.05) is 18.0 Å². The van der Waals surface area contributed by atoms with Crippen molar-refractivity contribution in [3.8, 4) is 5.69 Å². The lowest BCUT2D eigenvalue weighted by molar-refractivity contribution is 0.0695. The molecule has 0 saturated carbocycles. The number of rotatable bonds is 3. The Balaban J connectivity index is 2.09. The van der Waals surface area contributed by atoms with Crippen LogP contribution in [0.2, 0.25) is 0 Å². The van der Waals surface area contributed by atoms with Crippen LogP contribution in [0.3, 0.4) is 0 Å². The first-order chi connectivity index (χ1) is 13.5. The molecule has 144 valence electrons. The van der Waals surface area contributed by atoms with E-state index in [-0.39, 0.29) is 16.6 Å². The molecule has 4 rings (SSSR count). The van der Waals surface area contributed by atoms with E-state index >= 15 is 4.39 Å². The van der Waals surface area contributed by atoms with Crippen molar-refractivity contribution in [3.63, 3.8) is 0 Å². The molecule has 1 aromatic heterocycles. The van der Waals surface area contributed by atoms with Crippen LogP contribution in [-0.2, 0) is 0 Å². The first-order valence-corrected chi connectivity index (χ1v) is 9.10. The van der Waals surface area contributed by atoms with E-state index in [9.17, 15) is 19.1 Å². The molecule has 1 N–H and O–H groups in total. The largest absolute Gasteiger partial charge is 0.477 e. The van der Waals surface area contributed by atoms with Crippen LogP contribution in [-0.4, -0.2) is 28.7 Å². The molecule has 1 saturated heterocycles. The Morgan fingerprint density at radius 1 is 1.04 bits per heavy atom. The van der Waals surface area contributed by atoms with E-state index < -0.39 is 28.6 Å². The van der Waals surface area contributed by atoms with E-state index in [1.807, 2.05) is 0 Å². The molecule has 28 heavy (non-hydrogen) atoms. The number of piperidine rings is 1. The van der Waals surface area contributed by atoms with Crippen LogP contribution in [0.25, 0.3) is 16.6 Å². The van der Waals surface area contributed by atoms with Crippen LogP contribution in [0.4, 0.5) is 14.5 Å². The predicted octanol–water partition coefficient (Wildman–Crippen LogP) is 3.96. The normalized spacial score (nSPS) is 14.4. The van der Waals surface area contributed by atoms with Gasteiger partial charge in [0.05, 0.1) is 10.9 Å². The molecule has 0 aliphatic carbocycles. The number of anilines is 1. The maximum absolute atomic E-state index is 15.6. The molecule has 2 heterocycles. The first kappa shape index (κ1) is 18.2. The Bertz CT molecular complexity index is 1120. The summed E-state index contributed by atoms with van der Waals surface area (Å²) in [4.78, 5) is 25.8. The summed E-state index contributed by atoms with van der Waals surface area (Å²) in [5.74, 6) is -3.15. The van der Waals surface area contributed by atoms with Crippen LogP contribution in [0, 0.1) is 11.6 Å². The average Bonchev–Trinajstić information content (AvgIpc) is 2.70. The number of fused-ring (bicyclic) bond motifs is 1. The molecular formula is C21H18F2N2O3. The molecule has 0 radical (unpaired) electrons. The number of halogens is 2. The lowest BCUT2D eigenvalue weighted by atomic mass is 10.1. The second-order valence-electron chi connectivity index (χ2n) is 6.85. The predicted molar refractivity (Wildman–Crippen MR) is 102 cm³/mol. The minimum atomic E-state index is -1.45. The number of aromatic carboxylic acids is 1. The Kier molecular flexibility index (Phi) is 4.58. The van der Waals surface area contributed by atoms with Gasteiger partial charge in [-0.3, -0.25) is 4.79 Å². The zero-order valence-corrected chi connectivity index (χ0v) is 15.0. The molecule has 0 atom stereocenters. The standard InChI is InChI=1S/C21H18F2N2O3/c22-16-11-14-18(17(23)19(16)24-9-5-2-6-10-24)25(13-7-3-1-4-8-13)12-15(20(14)26)21(27)28/h1,3-4,7-8,11-12H,2,5-6,9-10H2,(H,27,28). The molecule has 1 aliphatic rings. The molecular weight excluding hydrogens is 366 g/mol. The molecule has 0 spiro atoms. The summed E-state index contributed by atoms with van der Waals surface area (Å²) in [7, 11) is 0. The summed E-state index contributed by atoms with van der Waals surface area (Å²) in [6, 6.07) is 9.48. The van der Waals surface area contributed by atoms with Crippen molar-refractivity contribution in [3.05, 3.63) is 70.0 Å². The van der Waals surface area contributed by atoms with Gasteiger partial charge in [0.25, 0.3) is 0 Å². The van der Waals surface area contributed by atoms with Crippen LogP contribution in [0.15, 0.2) is 47.4 Å². The summed E-state index contributed by atoms with van der Waals surface area (Å²) in [6.45, 7) is 1.06. The monoisotopic (exact) mass is 384 g/mol. The van der Waals surface area contributed by atoms with E-state index in [2.05, 4.69) is 0 Å². The van der Waals surface area contributed by atoms with Gasteiger partial charge in [0, 0.05) is 25.0 Å². The van der Waals surface area contributed by atoms with E-state index in [1.165, 1.54) is 4.57 Å². The van der Waals surface area contributed by atoms with Crippen molar-refractivity contribution in [2.24, 2.45) is 0 Å². The maximum atomic E-state index is 15.6. The summed E-state index contributed by atoms with van der Waals surface area (Å²) in [5.41, 5.74) is -1.26. The van der Waals surface area contributed by atoms with Crippen LogP contribution in [0.5, 0.6) is 0 Å². The van der Waals surface area contributed by atoms with Gasteiger partial charge in [-0.1, -0.05) is 18.2 Å². The number of hydrogen-bond acceptors (Lipinski definition) is 3. The maximum Gasteiger partial charge on any atom is 0.341 e. The fourth-order valence-electron chi connectivity index (χ4n) is 3.76. The van der Waals surface area contributed by atoms with Crippen molar-refractivity contribution in [1.29, 1.82) is 0 Å². The van der Waals surface area contributed by atoms with Crippen LogP contribution in [0.1, 0.15) is 29.6 Å². The Morgan fingerprint density at radius 2 is 1.71 bits per heavy atom. The molecule has 0 bridgehead atoms. The molecule has 1 fully saturated rings. The van der Waals surface area contributed by atoms with E-state index in [4.69, 9.17) is 0 Å². The Morgan fingerprint density at radius 3 is 2.36 bits per heavy atom. The SMILES string of the molecule is O=C(O)c1cn(-c2ccccc2)c2c(F)c(N3CCCCC3)c(F)cc2c1=O. The minimum Gasteiger partial charge on any atom is -0.477 e. The fraction of sp³-hybridized carbons (Fsp3) is 0.238. The number of carboxylic acids is 1. The molecule has 5 nitrogen and oxygen atoms in total. The molecule has 3 aromatic rings. The number of carbonyl (C=O) groups is 1. The lowest BCUT2D eigenvalue weighted by Gasteiger charge is -2.30. The highest BCUT2D eigenvalue weighted by atomic mass is 19.1. The summed E-state index contributed by atoms with van der Waals surface area (Å²) in [6.07, 6.45) is 3.77. The summed E-state index contributed by atoms with van der Waals surface area (Å²) in [5, 5.41) is 9.09. The third-order valence-electron chi connectivity index (χ3n) is 5.09. The minimum absolute atomic E-state index is 0.122. The van der Waals surface area contributed by atoms with Crippen molar-refractivity contribution < 1.29 is 18.7 Å². The first-order valence-electron chi connectivity index (χ1n) is 9.10. The molecule has 7 heteroatoms. The van der Waals surface area contributed by atoms with Gasteiger partial charge < -0.3 is 14.6 Å². The zero-order valence-electron chi connectivity index (χ0n) is 15.0. The van der Waals surface area contributed by atoms with Crippen molar-refractivity contribution >= 4 is 22.6 Å². The highest BCUT2D eigenvalue weighted by Gasteiger charge is 2.26. The highest BCUT2D eigenvalue weighted by molar-refractivity contribution is 5.94. The van der Waals surface area contributed by atoms with Gasteiger partial charge >= 0.3 is 5.97 Å². The van der Waals surface area contributed by atoms with Gasteiger partial charge in [-0.15, -0.1) is 0 Å². The Hall–Kier alpha value is -3.22. The van der Waals surface area contributed by atoms with Gasteiger partial charge in [-0.05, 0) is 37.5 Å². The van der Waals surface area contributed by atoms with Crippen molar-refractivity contribution in [2.45, 2.75) is 19.3 Å². The third-order valence-corrected chi connectivity index (χ3v) is 5.09. The number of aromatic nitrogens is 1. The van der Waals surface area contributed by atoms with Gasteiger partial charge in [0.15, 0.2) is 5.82 Å². The zero-order chi connectivity index (χ0) is 19.8. The summed E-state index contributed by atoms with van der Waals surface area (Å²) >= 11 is 0. The van der Waals surface area contributed by atoms with Gasteiger partial charge in [-0.2, -0.15) is 0 Å².